The molecule has 2 aromatic heterocycles. The molecule has 15 heteroatoms. The summed E-state index contributed by atoms with van der Waals surface area (Å²) in [5.74, 6) is -0.234. The SMILES string of the molecule is CN1CCN(C2CCN(c3ccc(Nc4nc(NC5CCOC6(CC6)C5)c(-c5cc[nH]n5)nc4C(N)=O)cc3OC(F)F)CC2)CC1. The van der Waals surface area contributed by atoms with Crippen LogP contribution in [0.4, 0.5) is 31.8 Å². The van der Waals surface area contributed by atoms with Gasteiger partial charge in [-0.3, -0.25) is 14.8 Å². The van der Waals surface area contributed by atoms with E-state index in [2.05, 4.69) is 47.6 Å². The van der Waals surface area contributed by atoms with E-state index in [1.807, 2.05) is 0 Å². The third kappa shape index (κ3) is 7.11. The number of anilines is 4. The van der Waals surface area contributed by atoms with Crippen LogP contribution in [0.15, 0.2) is 30.5 Å². The van der Waals surface area contributed by atoms with Crippen LogP contribution in [0.25, 0.3) is 11.4 Å². The van der Waals surface area contributed by atoms with E-state index in [4.69, 9.17) is 20.2 Å². The third-order valence-electron chi connectivity index (χ3n) is 9.81. The number of nitrogens with zero attached hydrogens (tertiary/aromatic N) is 6. The van der Waals surface area contributed by atoms with Crippen molar-refractivity contribution in [1.82, 2.24) is 30.0 Å². The Bertz CT molecular complexity index is 1550. The Morgan fingerprint density at radius 2 is 1.87 bits per heavy atom. The number of amides is 1. The Hall–Kier alpha value is -4.08. The first-order chi connectivity index (χ1) is 22.7. The smallest absolute Gasteiger partial charge is 0.387 e. The number of piperidine rings is 1. The highest BCUT2D eigenvalue weighted by atomic mass is 19.3. The first-order valence-corrected chi connectivity index (χ1v) is 16.4. The second kappa shape index (κ2) is 13.2. The van der Waals surface area contributed by atoms with E-state index >= 15 is 0 Å². The summed E-state index contributed by atoms with van der Waals surface area (Å²) in [5.41, 5.74) is 7.46. The Labute approximate surface area is 272 Å². The van der Waals surface area contributed by atoms with Gasteiger partial charge in [0.05, 0.1) is 11.3 Å². The first-order valence-electron chi connectivity index (χ1n) is 16.4. The Kier molecular flexibility index (Phi) is 8.85. The van der Waals surface area contributed by atoms with E-state index in [1.54, 1.807) is 24.4 Å². The van der Waals surface area contributed by atoms with Crippen LogP contribution >= 0.6 is 0 Å². The molecule has 1 aromatic carbocycles. The third-order valence-corrected chi connectivity index (χ3v) is 9.81. The minimum atomic E-state index is -3.01. The van der Waals surface area contributed by atoms with Gasteiger partial charge >= 0.3 is 6.61 Å². The summed E-state index contributed by atoms with van der Waals surface area (Å²) < 4.78 is 38.4. The fourth-order valence-electron chi connectivity index (χ4n) is 7.04. The number of halogens is 2. The summed E-state index contributed by atoms with van der Waals surface area (Å²) >= 11 is 0. The van der Waals surface area contributed by atoms with Gasteiger partial charge in [0, 0.05) is 75.9 Å². The maximum absolute atomic E-state index is 13.7. The molecule has 4 fully saturated rings. The number of aromatic nitrogens is 4. The summed E-state index contributed by atoms with van der Waals surface area (Å²) in [6, 6.07) is 7.33. The maximum atomic E-state index is 13.7. The summed E-state index contributed by atoms with van der Waals surface area (Å²) in [5, 5.41) is 13.7. The maximum Gasteiger partial charge on any atom is 0.387 e. The molecule has 3 aromatic rings. The van der Waals surface area contributed by atoms with Gasteiger partial charge in [-0.25, -0.2) is 9.97 Å². The molecule has 3 aliphatic heterocycles. The Morgan fingerprint density at radius 1 is 1.09 bits per heavy atom. The lowest BCUT2D eigenvalue weighted by atomic mass is 10.0. The monoisotopic (exact) mass is 652 g/mol. The van der Waals surface area contributed by atoms with Crippen molar-refractivity contribution in [3.8, 4) is 17.1 Å². The quantitative estimate of drug-likeness (QED) is 0.254. The summed E-state index contributed by atoms with van der Waals surface area (Å²) in [7, 11) is 2.15. The van der Waals surface area contributed by atoms with Crippen LogP contribution in [-0.2, 0) is 4.74 Å². The van der Waals surface area contributed by atoms with E-state index in [-0.39, 0.29) is 28.9 Å². The number of H-pyrrole nitrogens is 1. The number of ether oxygens (including phenoxy) is 2. The van der Waals surface area contributed by atoms with Crippen LogP contribution in [0.1, 0.15) is 49.0 Å². The lowest BCUT2D eigenvalue weighted by Crippen LogP contribution is -2.52. The molecule has 1 spiro atoms. The molecule has 13 nitrogen and oxygen atoms in total. The lowest BCUT2D eigenvalue weighted by molar-refractivity contribution is -0.0495. The molecule has 47 heavy (non-hydrogen) atoms. The van der Waals surface area contributed by atoms with Gasteiger partial charge in [0.2, 0.25) is 0 Å². The van der Waals surface area contributed by atoms with Gasteiger partial charge in [-0.1, -0.05) is 0 Å². The van der Waals surface area contributed by atoms with Crippen LogP contribution in [0, 0.1) is 0 Å². The zero-order valence-corrected chi connectivity index (χ0v) is 26.6. The second-order valence-electron chi connectivity index (χ2n) is 13.1. The molecular weight excluding hydrogens is 610 g/mol. The number of rotatable bonds is 10. The zero-order chi connectivity index (χ0) is 32.5. The molecule has 5 N–H and O–H groups in total. The Balaban J connectivity index is 1.14. The Morgan fingerprint density at radius 3 is 2.55 bits per heavy atom. The number of alkyl halides is 2. The molecule has 0 radical (unpaired) electrons. The number of carbonyl (C=O) groups excluding carboxylic acids is 1. The largest absolute Gasteiger partial charge is 0.433 e. The number of hydrogen-bond donors (Lipinski definition) is 4. The molecular formula is C32H42F2N10O3. The van der Waals surface area contributed by atoms with Crippen molar-refractivity contribution in [2.45, 2.75) is 62.8 Å². The lowest BCUT2D eigenvalue weighted by Gasteiger charge is -2.42. The average molecular weight is 653 g/mol. The van der Waals surface area contributed by atoms with Gasteiger partial charge in [-0.15, -0.1) is 0 Å². The van der Waals surface area contributed by atoms with Crippen LogP contribution in [0.3, 0.4) is 0 Å². The number of carbonyl (C=O) groups is 1. The molecule has 5 heterocycles. The van der Waals surface area contributed by atoms with Crippen molar-refractivity contribution in [3.63, 3.8) is 0 Å². The molecule has 3 saturated heterocycles. The number of nitrogens with two attached hydrogens (primary N) is 1. The van der Waals surface area contributed by atoms with Crippen molar-refractivity contribution in [2.24, 2.45) is 5.73 Å². The van der Waals surface area contributed by atoms with Gasteiger partial charge in [-0.2, -0.15) is 13.9 Å². The standard InChI is InChI=1S/C32H42F2N10O3/c1-42-13-15-43(16-14-42)22-5-11-44(12-6-22)24-3-2-20(18-25(24)47-31(33)34)37-30-27(28(35)45)39-26(23-4-10-36-41-23)29(40-30)38-21-7-17-46-32(19-21)8-9-32/h2-4,10,18,21-22,31H,5-9,11-17,19H2,1H3,(H2,35,45)(H,36,41)(H2,37,38,40). The molecule has 1 saturated carbocycles. The number of primary amides is 1. The number of aromatic amines is 1. The van der Waals surface area contributed by atoms with E-state index < -0.39 is 12.5 Å². The minimum absolute atomic E-state index is 0.0417. The van der Waals surface area contributed by atoms with Crippen molar-refractivity contribution in [3.05, 3.63) is 36.2 Å². The highest BCUT2D eigenvalue weighted by Crippen LogP contribution is 2.47. The molecule has 1 unspecified atom stereocenters. The van der Waals surface area contributed by atoms with Gasteiger partial charge in [0.25, 0.3) is 5.91 Å². The number of piperazine rings is 1. The van der Waals surface area contributed by atoms with Crippen molar-refractivity contribution in [1.29, 1.82) is 0 Å². The highest BCUT2D eigenvalue weighted by molar-refractivity contribution is 5.97. The predicted octanol–water partition coefficient (Wildman–Crippen LogP) is 3.65. The van der Waals surface area contributed by atoms with E-state index in [0.717, 1.165) is 77.8 Å². The second-order valence-corrected chi connectivity index (χ2v) is 13.1. The van der Waals surface area contributed by atoms with Gasteiger partial charge in [-0.05, 0) is 63.8 Å². The molecule has 4 aliphatic rings. The van der Waals surface area contributed by atoms with Gasteiger partial charge < -0.3 is 35.6 Å². The topological polar surface area (TPSA) is 150 Å². The molecule has 7 rings (SSSR count). The fraction of sp³-hybridized carbons (Fsp3) is 0.562. The van der Waals surface area contributed by atoms with Crippen LogP contribution in [0.2, 0.25) is 0 Å². The minimum Gasteiger partial charge on any atom is -0.433 e. The molecule has 1 aliphatic carbocycles. The zero-order valence-electron chi connectivity index (χ0n) is 26.6. The normalized spacial score (nSPS) is 22.0. The van der Waals surface area contributed by atoms with Crippen molar-refractivity contribution in [2.75, 3.05) is 68.5 Å². The fourth-order valence-corrected chi connectivity index (χ4v) is 7.04. The van der Waals surface area contributed by atoms with E-state index in [0.29, 0.717) is 41.2 Å². The van der Waals surface area contributed by atoms with Crippen LogP contribution in [0.5, 0.6) is 5.75 Å². The van der Waals surface area contributed by atoms with Gasteiger partial charge in [0.1, 0.15) is 11.4 Å². The van der Waals surface area contributed by atoms with E-state index in [9.17, 15) is 13.6 Å². The van der Waals surface area contributed by atoms with Crippen molar-refractivity contribution < 1.29 is 23.0 Å². The molecule has 0 bridgehead atoms. The summed E-state index contributed by atoms with van der Waals surface area (Å²) in [6.07, 6.45) is 7.23. The highest BCUT2D eigenvalue weighted by Gasteiger charge is 2.48. The predicted molar refractivity (Wildman–Crippen MR) is 173 cm³/mol. The number of nitrogens with one attached hydrogen (secondary N) is 3. The van der Waals surface area contributed by atoms with Gasteiger partial charge in [0.15, 0.2) is 23.1 Å². The number of benzene rings is 1. The van der Waals surface area contributed by atoms with E-state index in [1.165, 1.54) is 6.07 Å². The molecule has 1 amide bonds. The average Bonchev–Trinajstić information content (AvgIpc) is 3.55. The summed E-state index contributed by atoms with van der Waals surface area (Å²) in [6.45, 7) is 3.31. The van der Waals surface area contributed by atoms with Crippen molar-refractivity contribution >= 4 is 28.9 Å². The number of hydrogen-bond acceptors (Lipinski definition) is 11. The number of likely N-dealkylation sites (N-methyl/N-ethyl adjacent to an activating group) is 1. The molecule has 252 valence electrons. The van der Waals surface area contributed by atoms with Crippen LogP contribution in [-0.4, -0.2) is 113 Å². The summed E-state index contributed by atoms with van der Waals surface area (Å²) in [4.78, 5) is 29.0. The first kappa shape index (κ1) is 31.5. The van der Waals surface area contributed by atoms with Crippen LogP contribution < -0.4 is 26.0 Å². The molecule has 1 atom stereocenters.